The SMILES string of the molecule is C=C/C(=C\C=C\c1cccnc1)c1cc(-c2ccc(-c3cccnc3)cc2)cc(-c2nc(C(/C=C\C)=C/C)nc(-c3ccccc3)n2)c1. The van der Waals surface area contributed by atoms with Crippen molar-refractivity contribution in [1.29, 1.82) is 0 Å². The molecule has 0 fully saturated rings. The van der Waals surface area contributed by atoms with Crippen molar-refractivity contribution >= 4 is 17.2 Å². The van der Waals surface area contributed by atoms with E-state index < -0.39 is 0 Å². The molecule has 0 aliphatic heterocycles. The molecule has 0 saturated carbocycles. The monoisotopic (exact) mass is 621 g/mol. The summed E-state index contributed by atoms with van der Waals surface area (Å²) in [5.74, 6) is 1.82. The Hall–Kier alpha value is -6.33. The summed E-state index contributed by atoms with van der Waals surface area (Å²) in [6, 6.07) is 33.0. The van der Waals surface area contributed by atoms with Crippen LogP contribution in [0, 0.1) is 0 Å². The van der Waals surface area contributed by atoms with Gasteiger partial charge < -0.3 is 0 Å². The number of aromatic nitrogens is 5. The molecule has 0 bridgehead atoms. The minimum atomic E-state index is 0.590. The van der Waals surface area contributed by atoms with Crippen molar-refractivity contribution in [2.75, 3.05) is 0 Å². The zero-order valence-electron chi connectivity index (χ0n) is 27.0. The van der Waals surface area contributed by atoms with Gasteiger partial charge in [0, 0.05) is 41.5 Å². The molecule has 3 aromatic carbocycles. The Morgan fingerprint density at radius 2 is 1.27 bits per heavy atom. The van der Waals surface area contributed by atoms with Gasteiger partial charge >= 0.3 is 0 Å². The van der Waals surface area contributed by atoms with Crippen LogP contribution in [-0.4, -0.2) is 24.9 Å². The van der Waals surface area contributed by atoms with Crippen molar-refractivity contribution < 1.29 is 0 Å². The molecule has 5 heteroatoms. The molecule has 48 heavy (non-hydrogen) atoms. The van der Waals surface area contributed by atoms with Gasteiger partial charge in [0.15, 0.2) is 17.5 Å². The van der Waals surface area contributed by atoms with Crippen LogP contribution in [-0.2, 0) is 0 Å². The zero-order valence-corrected chi connectivity index (χ0v) is 27.0. The fourth-order valence-corrected chi connectivity index (χ4v) is 5.33. The highest BCUT2D eigenvalue weighted by molar-refractivity contribution is 5.84. The maximum atomic E-state index is 5.02. The predicted octanol–water partition coefficient (Wildman–Crippen LogP) is 10.6. The number of rotatable bonds is 10. The molecule has 0 unspecified atom stereocenters. The third kappa shape index (κ3) is 7.54. The zero-order chi connectivity index (χ0) is 33.1. The van der Waals surface area contributed by atoms with Crippen LogP contribution in [0.2, 0.25) is 0 Å². The van der Waals surface area contributed by atoms with Crippen LogP contribution in [0.4, 0.5) is 0 Å². The van der Waals surface area contributed by atoms with Gasteiger partial charge in [0.05, 0.1) is 0 Å². The number of allylic oxidation sites excluding steroid dienone is 8. The molecule has 5 nitrogen and oxygen atoms in total. The lowest BCUT2D eigenvalue weighted by molar-refractivity contribution is 1.04. The molecule has 0 atom stereocenters. The van der Waals surface area contributed by atoms with Crippen LogP contribution in [0.1, 0.15) is 30.8 Å². The third-order valence-corrected chi connectivity index (χ3v) is 7.79. The molecule has 232 valence electrons. The summed E-state index contributed by atoms with van der Waals surface area (Å²) in [4.78, 5) is 23.4. The van der Waals surface area contributed by atoms with Gasteiger partial charge in [0.2, 0.25) is 0 Å². The standard InChI is InChI=1S/C43H35N5/c1-4-13-33(6-3)41-46-42(36-16-8-7-9-17-36)48-43(47-41)40-27-38(32(5-2)18-10-14-31-15-11-24-44-29-31)26-39(28-40)35-22-20-34(21-23-35)37-19-12-25-45-30-37/h4-30H,2H2,1,3H3/b13-4-,14-10+,32-18+,33-6+. The van der Waals surface area contributed by atoms with E-state index in [4.69, 9.17) is 15.0 Å². The molecule has 6 aromatic rings. The Morgan fingerprint density at radius 1 is 0.604 bits per heavy atom. The van der Waals surface area contributed by atoms with Gasteiger partial charge in [-0.05, 0) is 83.1 Å². The van der Waals surface area contributed by atoms with Gasteiger partial charge in [-0.25, -0.2) is 15.0 Å². The van der Waals surface area contributed by atoms with Gasteiger partial charge in [-0.1, -0.05) is 116 Å². The van der Waals surface area contributed by atoms with E-state index in [2.05, 4.69) is 71.2 Å². The lowest BCUT2D eigenvalue weighted by Gasteiger charge is -2.13. The molecule has 0 aliphatic rings. The first-order valence-electron chi connectivity index (χ1n) is 15.8. The smallest absolute Gasteiger partial charge is 0.164 e. The highest BCUT2D eigenvalue weighted by atomic mass is 15.0. The molecular formula is C43H35N5. The number of hydrogen-bond donors (Lipinski definition) is 0. The first kappa shape index (κ1) is 31.6. The Labute approximate surface area is 282 Å². The second kappa shape index (κ2) is 15.3. The third-order valence-electron chi connectivity index (χ3n) is 7.79. The summed E-state index contributed by atoms with van der Waals surface area (Å²) in [5.41, 5.74) is 9.98. The van der Waals surface area contributed by atoms with Gasteiger partial charge in [-0.15, -0.1) is 0 Å². The van der Waals surface area contributed by atoms with Crippen LogP contribution in [0.3, 0.4) is 0 Å². The van der Waals surface area contributed by atoms with Crippen LogP contribution in [0.5, 0.6) is 0 Å². The van der Waals surface area contributed by atoms with E-state index in [-0.39, 0.29) is 0 Å². The molecule has 0 N–H and O–H groups in total. The van der Waals surface area contributed by atoms with E-state index in [1.165, 1.54) is 0 Å². The second-order valence-corrected chi connectivity index (χ2v) is 11.0. The molecular weight excluding hydrogens is 587 g/mol. The summed E-state index contributed by atoms with van der Waals surface area (Å²) in [6.07, 6.45) is 21.3. The van der Waals surface area contributed by atoms with Gasteiger partial charge in [0.1, 0.15) is 0 Å². The topological polar surface area (TPSA) is 64.5 Å². The number of benzene rings is 3. The van der Waals surface area contributed by atoms with Gasteiger partial charge in [0.25, 0.3) is 0 Å². The average Bonchev–Trinajstić information content (AvgIpc) is 3.16. The van der Waals surface area contributed by atoms with Gasteiger partial charge in [-0.2, -0.15) is 0 Å². The molecule has 0 spiro atoms. The second-order valence-electron chi connectivity index (χ2n) is 11.0. The molecule has 3 heterocycles. The summed E-state index contributed by atoms with van der Waals surface area (Å²) in [5, 5.41) is 0. The van der Waals surface area contributed by atoms with Crippen LogP contribution in [0.25, 0.3) is 62.3 Å². The van der Waals surface area contributed by atoms with E-state index in [0.717, 1.165) is 55.7 Å². The van der Waals surface area contributed by atoms with E-state index >= 15 is 0 Å². The number of hydrogen-bond acceptors (Lipinski definition) is 5. The van der Waals surface area contributed by atoms with E-state index in [9.17, 15) is 0 Å². The Bertz CT molecular complexity index is 2130. The summed E-state index contributed by atoms with van der Waals surface area (Å²) in [7, 11) is 0. The Balaban J connectivity index is 1.51. The summed E-state index contributed by atoms with van der Waals surface area (Å²) in [6.45, 7) is 8.15. The van der Waals surface area contributed by atoms with Crippen LogP contribution >= 0.6 is 0 Å². The maximum absolute atomic E-state index is 5.02. The molecule has 0 radical (unpaired) electrons. The molecule has 3 aromatic heterocycles. The predicted molar refractivity (Wildman–Crippen MR) is 199 cm³/mol. The molecule has 0 saturated heterocycles. The van der Waals surface area contributed by atoms with Crippen molar-refractivity contribution in [2.24, 2.45) is 0 Å². The lowest BCUT2D eigenvalue weighted by Crippen LogP contribution is -2.02. The average molecular weight is 622 g/mol. The number of nitrogens with zero attached hydrogens (tertiary/aromatic N) is 5. The normalized spacial score (nSPS) is 12.1. The Kier molecular flexibility index (Phi) is 10.1. The fraction of sp³-hybridized carbons (Fsp3) is 0.0465. The van der Waals surface area contributed by atoms with Crippen molar-refractivity contribution in [3.63, 3.8) is 0 Å². The fourth-order valence-electron chi connectivity index (χ4n) is 5.33. The van der Waals surface area contributed by atoms with Crippen LogP contribution < -0.4 is 0 Å². The largest absolute Gasteiger partial charge is 0.264 e. The highest BCUT2D eigenvalue weighted by Crippen LogP contribution is 2.33. The first-order chi connectivity index (χ1) is 23.6. The van der Waals surface area contributed by atoms with E-state index in [1.54, 1.807) is 12.4 Å². The van der Waals surface area contributed by atoms with Crippen molar-refractivity contribution in [1.82, 2.24) is 24.9 Å². The minimum Gasteiger partial charge on any atom is -0.264 e. The van der Waals surface area contributed by atoms with E-state index in [1.807, 2.05) is 111 Å². The summed E-state index contributed by atoms with van der Waals surface area (Å²) < 4.78 is 0. The lowest BCUT2D eigenvalue weighted by atomic mass is 9.94. The van der Waals surface area contributed by atoms with Crippen LogP contribution in [0.15, 0.2) is 165 Å². The molecule has 6 rings (SSSR count). The highest BCUT2D eigenvalue weighted by Gasteiger charge is 2.15. The minimum absolute atomic E-state index is 0.590. The Morgan fingerprint density at radius 3 is 1.92 bits per heavy atom. The van der Waals surface area contributed by atoms with Gasteiger partial charge in [-0.3, -0.25) is 9.97 Å². The molecule has 0 amide bonds. The summed E-state index contributed by atoms with van der Waals surface area (Å²) >= 11 is 0. The van der Waals surface area contributed by atoms with Crippen molar-refractivity contribution in [3.05, 3.63) is 182 Å². The van der Waals surface area contributed by atoms with Crippen molar-refractivity contribution in [3.8, 4) is 45.0 Å². The van der Waals surface area contributed by atoms with Crippen molar-refractivity contribution in [2.45, 2.75) is 13.8 Å². The quantitative estimate of drug-likeness (QED) is 0.142. The molecule has 0 aliphatic carbocycles. The maximum Gasteiger partial charge on any atom is 0.164 e. The van der Waals surface area contributed by atoms with E-state index in [0.29, 0.717) is 17.5 Å². The number of pyridine rings is 2. The first-order valence-corrected chi connectivity index (χ1v) is 15.8.